The van der Waals surface area contributed by atoms with Gasteiger partial charge in [-0.2, -0.15) is 5.10 Å². The highest BCUT2D eigenvalue weighted by atomic mass is 15.3. The van der Waals surface area contributed by atoms with Gasteiger partial charge in [0.1, 0.15) is 0 Å². The van der Waals surface area contributed by atoms with Crippen LogP contribution in [0.25, 0.3) is 0 Å². The van der Waals surface area contributed by atoms with Crippen molar-refractivity contribution in [2.24, 2.45) is 18.8 Å². The van der Waals surface area contributed by atoms with Crippen molar-refractivity contribution in [3.8, 4) is 0 Å². The highest BCUT2D eigenvalue weighted by Gasteiger charge is 2.32. The third kappa shape index (κ3) is 1.35. The number of nitrogens with one attached hydrogen (secondary N) is 1. The van der Waals surface area contributed by atoms with Gasteiger partial charge < -0.3 is 0 Å². The fraction of sp³-hybridized carbons (Fsp3) is 0.625. The van der Waals surface area contributed by atoms with Crippen molar-refractivity contribution in [3.63, 3.8) is 0 Å². The first-order valence-corrected chi connectivity index (χ1v) is 4.27. The van der Waals surface area contributed by atoms with Crippen LogP contribution in [0.15, 0.2) is 12.3 Å². The number of aryl methyl sites for hydroxylation is 1. The molecule has 1 atom stereocenters. The summed E-state index contributed by atoms with van der Waals surface area (Å²) in [7, 11) is 1.92. The summed E-state index contributed by atoms with van der Waals surface area (Å²) in [6.07, 6.45) is 4.49. The van der Waals surface area contributed by atoms with Crippen LogP contribution in [-0.4, -0.2) is 9.78 Å². The van der Waals surface area contributed by atoms with E-state index in [9.17, 15) is 0 Å². The molecule has 1 aromatic rings. The lowest BCUT2D eigenvalue weighted by Gasteiger charge is -2.10. The highest BCUT2D eigenvalue weighted by Crippen LogP contribution is 2.39. The van der Waals surface area contributed by atoms with Gasteiger partial charge in [-0.1, -0.05) is 0 Å². The first-order valence-electron chi connectivity index (χ1n) is 4.27. The summed E-state index contributed by atoms with van der Waals surface area (Å²) in [4.78, 5) is 0. The molecule has 1 aromatic heterocycles. The molecule has 1 fully saturated rings. The molecule has 0 spiro atoms. The molecule has 1 aliphatic carbocycles. The standard InChI is InChI=1S/C8H14N4/c1-12-5-4-7(11-12)8(10-9)6-2-3-6/h4-6,8,10H,2-3,9H2,1H3. The molecule has 0 aromatic carbocycles. The number of hydrazine groups is 1. The molecule has 1 unspecified atom stereocenters. The number of nitrogens with zero attached hydrogens (tertiary/aromatic N) is 2. The van der Waals surface area contributed by atoms with Crippen molar-refractivity contribution < 1.29 is 0 Å². The van der Waals surface area contributed by atoms with Crippen LogP contribution in [0.4, 0.5) is 0 Å². The first kappa shape index (κ1) is 7.76. The van der Waals surface area contributed by atoms with E-state index >= 15 is 0 Å². The molecule has 0 aliphatic heterocycles. The molecule has 1 aliphatic rings. The van der Waals surface area contributed by atoms with Crippen LogP contribution in [0.1, 0.15) is 24.6 Å². The van der Waals surface area contributed by atoms with E-state index in [1.807, 2.05) is 24.0 Å². The molecule has 4 nitrogen and oxygen atoms in total. The Labute approximate surface area is 71.7 Å². The number of hydrogen-bond acceptors (Lipinski definition) is 3. The zero-order valence-electron chi connectivity index (χ0n) is 7.20. The van der Waals surface area contributed by atoms with Crippen molar-refractivity contribution in [2.75, 3.05) is 0 Å². The molecule has 3 N–H and O–H groups in total. The lowest BCUT2D eigenvalue weighted by Crippen LogP contribution is -2.29. The number of rotatable bonds is 3. The van der Waals surface area contributed by atoms with Crippen LogP contribution < -0.4 is 11.3 Å². The Kier molecular flexibility index (Phi) is 1.86. The lowest BCUT2D eigenvalue weighted by atomic mass is 10.1. The zero-order chi connectivity index (χ0) is 8.55. The van der Waals surface area contributed by atoms with Gasteiger partial charge in [0.05, 0.1) is 11.7 Å². The smallest absolute Gasteiger partial charge is 0.0810 e. The summed E-state index contributed by atoms with van der Waals surface area (Å²) in [5.74, 6) is 6.15. The van der Waals surface area contributed by atoms with E-state index in [4.69, 9.17) is 5.84 Å². The molecule has 0 bridgehead atoms. The topological polar surface area (TPSA) is 55.9 Å². The second-order valence-corrected chi connectivity index (χ2v) is 3.40. The first-order chi connectivity index (χ1) is 5.81. The molecule has 1 saturated carbocycles. The number of nitrogens with two attached hydrogens (primary N) is 1. The van der Waals surface area contributed by atoms with E-state index in [0.29, 0.717) is 5.92 Å². The van der Waals surface area contributed by atoms with Gasteiger partial charge in [0.15, 0.2) is 0 Å². The fourth-order valence-corrected chi connectivity index (χ4v) is 1.49. The summed E-state index contributed by atoms with van der Waals surface area (Å²) in [5, 5.41) is 4.32. The fourth-order valence-electron chi connectivity index (χ4n) is 1.49. The minimum Gasteiger partial charge on any atom is -0.275 e. The van der Waals surface area contributed by atoms with Crippen LogP contribution in [-0.2, 0) is 7.05 Å². The summed E-state index contributed by atoms with van der Waals surface area (Å²) >= 11 is 0. The molecule has 0 amide bonds. The minimum absolute atomic E-state index is 0.256. The van der Waals surface area contributed by atoms with E-state index < -0.39 is 0 Å². The molecule has 2 rings (SSSR count). The predicted octanol–water partition coefficient (Wildman–Crippen LogP) is 0.334. The van der Waals surface area contributed by atoms with Gasteiger partial charge in [-0.05, 0) is 24.8 Å². The van der Waals surface area contributed by atoms with Crippen LogP contribution in [0.5, 0.6) is 0 Å². The van der Waals surface area contributed by atoms with Gasteiger partial charge in [0.25, 0.3) is 0 Å². The maximum absolute atomic E-state index is 5.46. The van der Waals surface area contributed by atoms with E-state index in [1.165, 1.54) is 12.8 Å². The number of hydrogen-bond donors (Lipinski definition) is 2. The number of aromatic nitrogens is 2. The SMILES string of the molecule is Cn1ccc(C(NN)C2CC2)n1. The zero-order valence-corrected chi connectivity index (χ0v) is 7.20. The van der Waals surface area contributed by atoms with Gasteiger partial charge in [0.2, 0.25) is 0 Å². The van der Waals surface area contributed by atoms with E-state index in [1.54, 1.807) is 0 Å². The van der Waals surface area contributed by atoms with Crippen molar-refractivity contribution >= 4 is 0 Å². The third-order valence-corrected chi connectivity index (χ3v) is 2.33. The second kappa shape index (κ2) is 2.88. The van der Waals surface area contributed by atoms with Gasteiger partial charge in [-0.25, -0.2) is 0 Å². The van der Waals surface area contributed by atoms with Crippen molar-refractivity contribution in [1.82, 2.24) is 15.2 Å². The van der Waals surface area contributed by atoms with Crippen molar-refractivity contribution in [2.45, 2.75) is 18.9 Å². The maximum Gasteiger partial charge on any atom is 0.0810 e. The average Bonchev–Trinajstić information content (AvgIpc) is 2.78. The van der Waals surface area contributed by atoms with Gasteiger partial charge >= 0.3 is 0 Å². The summed E-state index contributed by atoms with van der Waals surface area (Å²) < 4.78 is 1.81. The monoisotopic (exact) mass is 166 g/mol. The average molecular weight is 166 g/mol. The van der Waals surface area contributed by atoms with Crippen molar-refractivity contribution in [1.29, 1.82) is 0 Å². The molecular formula is C8H14N4. The van der Waals surface area contributed by atoms with E-state index in [2.05, 4.69) is 10.5 Å². The maximum atomic E-state index is 5.46. The van der Waals surface area contributed by atoms with Crippen LogP contribution in [0.3, 0.4) is 0 Å². The van der Waals surface area contributed by atoms with Crippen molar-refractivity contribution in [3.05, 3.63) is 18.0 Å². The largest absolute Gasteiger partial charge is 0.275 e. The van der Waals surface area contributed by atoms with E-state index in [0.717, 1.165) is 5.69 Å². The lowest BCUT2D eigenvalue weighted by molar-refractivity contribution is 0.479. The Morgan fingerprint density at radius 2 is 2.50 bits per heavy atom. The molecule has 12 heavy (non-hydrogen) atoms. The Morgan fingerprint density at radius 3 is 2.92 bits per heavy atom. The Hall–Kier alpha value is -0.870. The molecule has 4 heteroatoms. The van der Waals surface area contributed by atoms with Gasteiger partial charge in [0, 0.05) is 13.2 Å². The molecular weight excluding hydrogens is 152 g/mol. The van der Waals surface area contributed by atoms with Gasteiger partial charge in [-0.15, -0.1) is 0 Å². The quantitative estimate of drug-likeness (QED) is 0.502. The molecule has 66 valence electrons. The van der Waals surface area contributed by atoms with Gasteiger partial charge in [-0.3, -0.25) is 16.0 Å². The van der Waals surface area contributed by atoms with Crippen LogP contribution in [0, 0.1) is 5.92 Å². The Morgan fingerprint density at radius 1 is 1.75 bits per heavy atom. The van der Waals surface area contributed by atoms with Crippen LogP contribution >= 0.6 is 0 Å². The molecule has 0 radical (unpaired) electrons. The van der Waals surface area contributed by atoms with Crippen LogP contribution in [0.2, 0.25) is 0 Å². The van der Waals surface area contributed by atoms with E-state index in [-0.39, 0.29) is 6.04 Å². The molecule has 1 heterocycles. The summed E-state index contributed by atoms with van der Waals surface area (Å²) in [5.41, 5.74) is 3.88. The molecule has 0 saturated heterocycles. The second-order valence-electron chi connectivity index (χ2n) is 3.40. The highest BCUT2D eigenvalue weighted by molar-refractivity contribution is 5.09. The Bertz CT molecular complexity index is 264. The minimum atomic E-state index is 0.256. The third-order valence-electron chi connectivity index (χ3n) is 2.33. The normalized spacial score (nSPS) is 19.5. The summed E-state index contributed by atoms with van der Waals surface area (Å²) in [6.45, 7) is 0. The predicted molar refractivity (Wildman–Crippen MR) is 46.0 cm³/mol. The summed E-state index contributed by atoms with van der Waals surface area (Å²) in [6, 6.07) is 2.27. The Balaban J connectivity index is 2.15.